The molecule has 0 heterocycles. The smallest absolute Gasteiger partial charge is 0.313 e. The summed E-state index contributed by atoms with van der Waals surface area (Å²) in [6, 6.07) is 0. The lowest BCUT2D eigenvalue weighted by atomic mass is 9.87. The maximum Gasteiger partial charge on any atom is 0.313 e. The highest BCUT2D eigenvalue weighted by atomic mass is 16.6. The predicted octanol–water partition coefficient (Wildman–Crippen LogP) is 0.856. The molecular weight excluding hydrogens is 158 g/mol. The number of carbonyl (C=O) groups excluding carboxylic acids is 1. The molecule has 0 saturated heterocycles. The molecule has 0 aromatic heterocycles. The monoisotopic (exact) mass is 175 g/mol. The molecule has 0 saturated carbocycles. The third-order valence-electron chi connectivity index (χ3n) is 1.88. The Labute approximate surface area is 73.0 Å². The van der Waals surface area contributed by atoms with Crippen molar-refractivity contribution >= 4 is 5.97 Å². The first-order valence-electron chi connectivity index (χ1n) is 4.01. The molecule has 0 spiro atoms. The van der Waals surface area contributed by atoms with Crippen LogP contribution in [0.1, 0.15) is 26.7 Å². The average Bonchev–Trinajstić information content (AvgIpc) is 2.04. The Morgan fingerprint density at radius 3 is 2.50 bits per heavy atom. The van der Waals surface area contributed by atoms with Gasteiger partial charge in [-0.2, -0.15) is 0 Å². The van der Waals surface area contributed by atoms with Crippen LogP contribution in [0.5, 0.6) is 0 Å². The van der Waals surface area contributed by atoms with Gasteiger partial charge in [0.25, 0.3) is 0 Å². The van der Waals surface area contributed by atoms with E-state index in [1.807, 2.05) is 6.92 Å². The third-order valence-corrected chi connectivity index (χ3v) is 1.88. The van der Waals surface area contributed by atoms with Crippen molar-refractivity contribution in [3.63, 3.8) is 0 Å². The third kappa shape index (κ3) is 2.79. The van der Waals surface area contributed by atoms with Crippen LogP contribution in [0, 0.1) is 5.41 Å². The van der Waals surface area contributed by atoms with Crippen LogP contribution in [0.15, 0.2) is 0 Å². The second kappa shape index (κ2) is 5.11. The minimum Gasteiger partial charge on any atom is -0.469 e. The van der Waals surface area contributed by atoms with Crippen molar-refractivity contribution in [3.05, 3.63) is 0 Å². The Morgan fingerprint density at radius 2 is 2.17 bits per heavy atom. The molecule has 0 bridgehead atoms. The van der Waals surface area contributed by atoms with E-state index in [-0.39, 0.29) is 12.6 Å². The normalized spacial score (nSPS) is 15.3. The minimum atomic E-state index is -0.599. The van der Waals surface area contributed by atoms with Crippen LogP contribution in [0.2, 0.25) is 0 Å². The molecule has 0 radical (unpaired) electrons. The fraction of sp³-hybridized carbons (Fsp3) is 0.875. The molecule has 0 aliphatic heterocycles. The molecule has 0 aliphatic carbocycles. The molecule has 0 aromatic carbocycles. The van der Waals surface area contributed by atoms with Crippen molar-refractivity contribution in [1.82, 2.24) is 0 Å². The average molecular weight is 175 g/mol. The highest BCUT2D eigenvalue weighted by molar-refractivity contribution is 5.76. The first kappa shape index (κ1) is 11.4. The maximum absolute atomic E-state index is 11.3. The fourth-order valence-electron chi connectivity index (χ4n) is 1.22. The second-order valence-electron chi connectivity index (χ2n) is 3.11. The summed E-state index contributed by atoms with van der Waals surface area (Å²) in [6.07, 6.45) is 1.62. The maximum atomic E-state index is 11.3. The van der Waals surface area contributed by atoms with Crippen LogP contribution >= 0.6 is 0 Å². The van der Waals surface area contributed by atoms with Crippen LogP contribution in [0.3, 0.4) is 0 Å². The van der Waals surface area contributed by atoms with Crippen molar-refractivity contribution in [3.8, 4) is 0 Å². The molecule has 4 nitrogen and oxygen atoms in total. The Kier molecular flexibility index (Phi) is 4.85. The van der Waals surface area contributed by atoms with E-state index >= 15 is 0 Å². The molecule has 0 fully saturated rings. The van der Waals surface area contributed by atoms with E-state index in [1.165, 1.54) is 7.11 Å². The van der Waals surface area contributed by atoms with Crippen molar-refractivity contribution in [2.75, 3.05) is 13.7 Å². The van der Waals surface area contributed by atoms with Gasteiger partial charge in [0.2, 0.25) is 0 Å². The van der Waals surface area contributed by atoms with Gasteiger partial charge in [0.05, 0.1) is 19.1 Å². The Balaban J connectivity index is 4.26. The number of rotatable bonds is 5. The van der Waals surface area contributed by atoms with Gasteiger partial charge in [-0.15, -0.1) is 0 Å². The summed E-state index contributed by atoms with van der Waals surface area (Å²) in [5.41, 5.74) is -0.599. The molecule has 72 valence electrons. The number of carbonyl (C=O) groups is 1. The molecule has 2 N–H and O–H groups in total. The SMILES string of the molecule is CCCC(C)(CON)C(=O)OC. The number of methoxy groups -OCH3 is 1. The topological polar surface area (TPSA) is 61.5 Å². The zero-order valence-corrected chi connectivity index (χ0v) is 7.92. The Morgan fingerprint density at radius 1 is 1.58 bits per heavy atom. The molecule has 1 atom stereocenters. The van der Waals surface area contributed by atoms with E-state index in [0.717, 1.165) is 12.8 Å². The van der Waals surface area contributed by atoms with Crippen LogP contribution in [-0.2, 0) is 14.4 Å². The molecule has 0 amide bonds. The van der Waals surface area contributed by atoms with Crippen molar-refractivity contribution in [2.45, 2.75) is 26.7 Å². The molecule has 0 aromatic rings. The van der Waals surface area contributed by atoms with Gasteiger partial charge in [0.15, 0.2) is 0 Å². The largest absolute Gasteiger partial charge is 0.469 e. The zero-order valence-electron chi connectivity index (χ0n) is 7.92. The highest BCUT2D eigenvalue weighted by Crippen LogP contribution is 2.24. The van der Waals surface area contributed by atoms with Crippen LogP contribution < -0.4 is 5.90 Å². The lowest BCUT2D eigenvalue weighted by molar-refractivity contribution is -0.156. The van der Waals surface area contributed by atoms with Gasteiger partial charge in [0.1, 0.15) is 0 Å². The van der Waals surface area contributed by atoms with Crippen LogP contribution in [0.25, 0.3) is 0 Å². The van der Waals surface area contributed by atoms with E-state index in [2.05, 4.69) is 9.57 Å². The zero-order chi connectivity index (χ0) is 9.61. The summed E-state index contributed by atoms with van der Waals surface area (Å²) in [7, 11) is 1.37. The Hall–Kier alpha value is -0.610. The summed E-state index contributed by atoms with van der Waals surface area (Å²) in [5, 5.41) is 0. The van der Waals surface area contributed by atoms with E-state index in [4.69, 9.17) is 5.90 Å². The standard InChI is InChI=1S/C8H17NO3/c1-4-5-8(2,6-12-9)7(10)11-3/h4-6,9H2,1-3H3. The van der Waals surface area contributed by atoms with Gasteiger partial charge in [-0.05, 0) is 13.3 Å². The van der Waals surface area contributed by atoms with Crippen LogP contribution in [-0.4, -0.2) is 19.7 Å². The second-order valence-corrected chi connectivity index (χ2v) is 3.11. The van der Waals surface area contributed by atoms with E-state index in [0.29, 0.717) is 0 Å². The molecular formula is C8H17NO3. The van der Waals surface area contributed by atoms with Gasteiger partial charge < -0.3 is 9.57 Å². The van der Waals surface area contributed by atoms with Crippen molar-refractivity contribution in [2.24, 2.45) is 11.3 Å². The van der Waals surface area contributed by atoms with Crippen molar-refractivity contribution in [1.29, 1.82) is 0 Å². The number of hydrogen-bond acceptors (Lipinski definition) is 4. The van der Waals surface area contributed by atoms with E-state index < -0.39 is 5.41 Å². The predicted molar refractivity (Wildman–Crippen MR) is 45.2 cm³/mol. The Bertz CT molecular complexity index is 141. The summed E-state index contributed by atoms with van der Waals surface area (Å²) in [6.45, 7) is 3.99. The van der Waals surface area contributed by atoms with Gasteiger partial charge in [0, 0.05) is 0 Å². The van der Waals surface area contributed by atoms with Gasteiger partial charge in [-0.3, -0.25) is 4.79 Å². The highest BCUT2D eigenvalue weighted by Gasteiger charge is 2.33. The first-order chi connectivity index (χ1) is 5.60. The van der Waals surface area contributed by atoms with Gasteiger partial charge in [-0.1, -0.05) is 13.3 Å². The number of nitrogens with two attached hydrogens (primary N) is 1. The first-order valence-corrected chi connectivity index (χ1v) is 4.01. The number of esters is 1. The number of ether oxygens (including phenoxy) is 1. The minimum absolute atomic E-state index is 0.202. The summed E-state index contributed by atoms with van der Waals surface area (Å²) in [4.78, 5) is 15.7. The van der Waals surface area contributed by atoms with E-state index in [1.54, 1.807) is 6.92 Å². The quantitative estimate of drug-likeness (QED) is 0.497. The molecule has 12 heavy (non-hydrogen) atoms. The summed E-state index contributed by atoms with van der Waals surface area (Å²) in [5.74, 6) is 4.66. The number of hydrogen-bond donors (Lipinski definition) is 1. The van der Waals surface area contributed by atoms with Crippen LogP contribution in [0.4, 0.5) is 0 Å². The van der Waals surface area contributed by atoms with Gasteiger partial charge >= 0.3 is 5.97 Å². The van der Waals surface area contributed by atoms with E-state index in [9.17, 15) is 4.79 Å². The molecule has 0 rings (SSSR count). The fourth-order valence-corrected chi connectivity index (χ4v) is 1.22. The lowest BCUT2D eigenvalue weighted by Crippen LogP contribution is -2.35. The van der Waals surface area contributed by atoms with Crippen molar-refractivity contribution < 1.29 is 14.4 Å². The lowest BCUT2D eigenvalue weighted by Gasteiger charge is -2.24. The molecule has 0 aliphatic rings. The molecule has 4 heteroatoms. The summed E-state index contributed by atoms with van der Waals surface area (Å²) >= 11 is 0. The molecule has 1 unspecified atom stereocenters. The van der Waals surface area contributed by atoms with Gasteiger partial charge in [-0.25, -0.2) is 5.90 Å². The summed E-state index contributed by atoms with van der Waals surface area (Å²) < 4.78 is 4.65.